The van der Waals surface area contributed by atoms with E-state index in [9.17, 15) is 13.2 Å². The van der Waals surface area contributed by atoms with Gasteiger partial charge in [0.1, 0.15) is 6.54 Å². The summed E-state index contributed by atoms with van der Waals surface area (Å²) in [7, 11) is -1.25. The van der Waals surface area contributed by atoms with Gasteiger partial charge in [-0.25, -0.2) is 13.8 Å². The first-order chi connectivity index (χ1) is 15.8. The number of nitrogens with one attached hydrogen (secondary N) is 1. The van der Waals surface area contributed by atoms with Gasteiger partial charge in [0, 0.05) is 24.0 Å². The number of rotatable bonds is 9. The van der Waals surface area contributed by atoms with Crippen molar-refractivity contribution >= 4 is 27.8 Å². The SMILES string of the molecule is COc1ccc(S(=O)(=O)N(CC(=O)N/N=C\c2cccnc2)c2ccc(C)cc2)cc1OC. The molecule has 0 unspecified atom stereocenters. The third kappa shape index (κ3) is 5.86. The molecule has 3 rings (SSSR count). The third-order valence-electron chi connectivity index (χ3n) is 4.64. The van der Waals surface area contributed by atoms with E-state index in [1.54, 1.807) is 48.8 Å². The largest absolute Gasteiger partial charge is 0.493 e. The normalized spacial score (nSPS) is 11.2. The summed E-state index contributed by atoms with van der Waals surface area (Å²) in [5.74, 6) is 0.0357. The Morgan fingerprint density at radius 1 is 1.09 bits per heavy atom. The van der Waals surface area contributed by atoms with Crippen molar-refractivity contribution in [2.45, 2.75) is 11.8 Å². The van der Waals surface area contributed by atoms with Gasteiger partial charge in [0.05, 0.1) is 31.0 Å². The van der Waals surface area contributed by atoms with E-state index in [0.29, 0.717) is 17.0 Å². The maximum atomic E-state index is 13.5. The molecule has 1 aromatic heterocycles. The zero-order chi connectivity index (χ0) is 23.8. The van der Waals surface area contributed by atoms with E-state index in [4.69, 9.17) is 9.47 Å². The van der Waals surface area contributed by atoms with Crippen molar-refractivity contribution in [2.24, 2.45) is 5.10 Å². The number of amides is 1. The Morgan fingerprint density at radius 3 is 2.45 bits per heavy atom. The molecule has 1 N–H and O–H groups in total. The first-order valence-corrected chi connectivity index (χ1v) is 11.3. The highest BCUT2D eigenvalue weighted by Crippen LogP contribution is 2.32. The van der Waals surface area contributed by atoms with Crippen molar-refractivity contribution < 1.29 is 22.7 Å². The van der Waals surface area contributed by atoms with Crippen LogP contribution in [0.2, 0.25) is 0 Å². The molecule has 3 aromatic rings. The number of carbonyl (C=O) groups excluding carboxylic acids is 1. The number of ether oxygens (including phenoxy) is 2. The number of methoxy groups -OCH3 is 2. The number of nitrogens with zero attached hydrogens (tertiary/aromatic N) is 3. The molecule has 1 heterocycles. The number of hydrazone groups is 1. The molecule has 0 aliphatic rings. The van der Waals surface area contributed by atoms with Crippen LogP contribution in [0.4, 0.5) is 5.69 Å². The Kier molecular flexibility index (Phi) is 7.62. The topological polar surface area (TPSA) is 110 Å². The van der Waals surface area contributed by atoms with Gasteiger partial charge in [0.25, 0.3) is 15.9 Å². The highest BCUT2D eigenvalue weighted by Gasteiger charge is 2.28. The molecule has 0 saturated carbocycles. The van der Waals surface area contributed by atoms with Gasteiger partial charge in [-0.15, -0.1) is 0 Å². The Labute approximate surface area is 192 Å². The van der Waals surface area contributed by atoms with E-state index >= 15 is 0 Å². The van der Waals surface area contributed by atoms with Crippen LogP contribution in [0.5, 0.6) is 11.5 Å². The molecule has 0 bridgehead atoms. The molecule has 0 aliphatic carbocycles. The van der Waals surface area contributed by atoms with Crippen molar-refractivity contribution in [3.63, 3.8) is 0 Å². The highest BCUT2D eigenvalue weighted by molar-refractivity contribution is 7.92. The molecular formula is C23H24N4O5S. The predicted molar refractivity (Wildman–Crippen MR) is 125 cm³/mol. The average Bonchev–Trinajstić information content (AvgIpc) is 2.83. The van der Waals surface area contributed by atoms with Crippen LogP contribution in [0.15, 0.2) is 77.0 Å². The molecule has 2 aromatic carbocycles. The summed E-state index contributed by atoms with van der Waals surface area (Å²) in [4.78, 5) is 16.5. The minimum absolute atomic E-state index is 0.0487. The molecule has 0 radical (unpaired) electrons. The number of hydrogen-bond acceptors (Lipinski definition) is 7. The first kappa shape index (κ1) is 23.7. The Balaban J connectivity index is 1.90. The number of pyridine rings is 1. The lowest BCUT2D eigenvalue weighted by molar-refractivity contribution is -0.119. The van der Waals surface area contributed by atoms with E-state index in [1.807, 2.05) is 6.92 Å². The van der Waals surface area contributed by atoms with E-state index in [-0.39, 0.29) is 10.6 Å². The molecule has 0 spiro atoms. The van der Waals surface area contributed by atoms with Gasteiger partial charge in [-0.2, -0.15) is 5.10 Å². The summed E-state index contributed by atoms with van der Waals surface area (Å²) < 4.78 is 38.5. The van der Waals surface area contributed by atoms with Gasteiger partial charge in [-0.1, -0.05) is 23.8 Å². The second-order valence-corrected chi connectivity index (χ2v) is 8.81. The summed E-state index contributed by atoms with van der Waals surface area (Å²) >= 11 is 0. The van der Waals surface area contributed by atoms with Gasteiger partial charge in [-0.05, 0) is 37.3 Å². The highest BCUT2D eigenvalue weighted by atomic mass is 32.2. The minimum atomic E-state index is -4.12. The zero-order valence-electron chi connectivity index (χ0n) is 18.4. The Bertz CT molecular complexity index is 1230. The molecule has 172 valence electrons. The number of sulfonamides is 1. The predicted octanol–water partition coefficient (Wildman–Crippen LogP) is 2.75. The summed E-state index contributed by atoms with van der Waals surface area (Å²) in [6.07, 6.45) is 4.62. The van der Waals surface area contributed by atoms with Gasteiger partial charge in [0.15, 0.2) is 11.5 Å². The summed E-state index contributed by atoms with van der Waals surface area (Å²) in [5.41, 5.74) is 4.33. The fourth-order valence-corrected chi connectivity index (χ4v) is 4.36. The lowest BCUT2D eigenvalue weighted by Crippen LogP contribution is -2.39. The standard InChI is InChI=1S/C23H24N4O5S/c1-17-6-8-19(9-7-17)27(16-23(28)26-25-15-18-5-4-12-24-14-18)33(29,30)20-10-11-21(31-2)22(13-20)32-3/h4-15H,16H2,1-3H3,(H,26,28)/b25-15-. The van der Waals surface area contributed by atoms with Crippen LogP contribution in [0, 0.1) is 6.92 Å². The van der Waals surface area contributed by atoms with Gasteiger partial charge < -0.3 is 9.47 Å². The maximum Gasteiger partial charge on any atom is 0.264 e. The molecule has 33 heavy (non-hydrogen) atoms. The summed E-state index contributed by atoms with van der Waals surface area (Å²) in [5, 5.41) is 3.88. The number of anilines is 1. The lowest BCUT2D eigenvalue weighted by Gasteiger charge is -2.24. The summed E-state index contributed by atoms with van der Waals surface area (Å²) in [6.45, 7) is 1.40. The van der Waals surface area contributed by atoms with Crippen LogP contribution >= 0.6 is 0 Å². The molecule has 0 fully saturated rings. The smallest absolute Gasteiger partial charge is 0.264 e. The fourth-order valence-electron chi connectivity index (χ4n) is 2.93. The Hall–Kier alpha value is -3.92. The monoisotopic (exact) mass is 468 g/mol. The van der Waals surface area contributed by atoms with E-state index in [2.05, 4.69) is 15.5 Å². The van der Waals surface area contributed by atoms with Crippen LogP contribution in [-0.4, -0.2) is 46.3 Å². The summed E-state index contributed by atoms with van der Waals surface area (Å²) in [6, 6.07) is 14.6. The number of hydrogen-bond donors (Lipinski definition) is 1. The number of carbonyl (C=O) groups is 1. The number of aryl methyl sites for hydroxylation is 1. The van der Waals surface area contributed by atoms with Crippen LogP contribution in [0.1, 0.15) is 11.1 Å². The second-order valence-electron chi connectivity index (χ2n) is 6.94. The molecule has 10 heteroatoms. The van der Waals surface area contributed by atoms with Crippen molar-refractivity contribution in [1.29, 1.82) is 0 Å². The van der Waals surface area contributed by atoms with Gasteiger partial charge in [0.2, 0.25) is 0 Å². The molecule has 1 amide bonds. The van der Waals surface area contributed by atoms with E-state index < -0.39 is 22.5 Å². The first-order valence-electron chi connectivity index (χ1n) is 9.88. The zero-order valence-corrected chi connectivity index (χ0v) is 19.2. The van der Waals surface area contributed by atoms with Crippen molar-refractivity contribution in [3.8, 4) is 11.5 Å². The van der Waals surface area contributed by atoms with Crippen LogP contribution in [0.25, 0.3) is 0 Å². The maximum absolute atomic E-state index is 13.5. The van der Waals surface area contributed by atoms with Gasteiger partial charge >= 0.3 is 0 Å². The molecule has 0 aliphatic heterocycles. The van der Waals surface area contributed by atoms with Gasteiger partial charge in [-0.3, -0.25) is 14.1 Å². The van der Waals surface area contributed by atoms with Crippen molar-refractivity contribution in [3.05, 3.63) is 78.1 Å². The second kappa shape index (κ2) is 10.6. The molecule has 0 saturated heterocycles. The van der Waals surface area contributed by atoms with E-state index in [1.165, 1.54) is 38.6 Å². The van der Waals surface area contributed by atoms with Crippen molar-refractivity contribution in [1.82, 2.24) is 10.4 Å². The average molecular weight is 469 g/mol. The van der Waals surface area contributed by atoms with Crippen LogP contribution in [-0.2, 0) is 14.8 Å². The Morgan fingerprint density at radius 2 is 1.82 bits per heavy atom. The molecule has 0 atom stereocenters. The molecular weight excluding hydrogens is 444 g/mol. The number of aromatic nitrogens is 1. The lowest BCUT2D eigenvalue weighted by atomic mass is 10.2. The quantitative estimate of drug-likeness (QED) is 0.382. The third-order valence-corrected chi connectivity index (χ3v) is 6.41. The van der Waals surface area contributed by atoms with Crippen molar-refractivity contribution in [2.75, 3.05) is 25.1 Å². The van der Waals surface area contributed by atoms with E-state index in [0.717, 1.165) is 9.87 Å². The van der Waals surface area contributed by atoms with Crippen LogP contribution in [0.3, 0.4) is 0 Å². The molecule has 9 nitrogen and oxygen atoms in total. The van der Waals surface area contributed by atoms with Crippen LogP contribution < -0.4 is 19.2 Å². The number of benzene rings is 2. The minimum Gasteiger partial charge on any atom is -0.493 e. The fraction of sp³-hybridized carbons (Fsp3) is 0.174.